The van der Waals surface area contributed by atoms with Crippen LogP contribution >= 0.6 is 0 Å². The molecule has 0 atom stereocenters. The van der Waals surface area contributed by atoms with Crippen LogP contribution in [0.1, 0.15) is 24.4 Å². The quantitative estimate of drug-likeness (QED) is 0.650. The van der Waals surface area contributed by atoms with Crippen molar-refractivity contribution in [2.45, 2.75) is 19.4 Å². The highest BCUT2D eigenvalue weighted by Crippen LogP contribution is 2.21. The number of piperazine rings is 1. The molecule has 0 unspecified atom stereocenters. The van der Waals surface area contributed by atoms with E-state index in [9.17, 15) is 14.4 Å². The van der Waals surface area contributed by atoms with Crippen LogP contribution in [0, 0.1) is 0 Å². The van der Waals surface area contributed by atoms with E-state index in [1.807, 2.05) is 0 Å². The van der Waals surface area contributed by atoms with E-state index in [-0.39, 0.29) is 23.1 Å². The Balaban J connectivity index is 1.50. The standard InChI is InChI=1S/C21H22N4O5/c1-21(2,25-18(26)8-7-15(22-25)16-5-3-13-29-16)20(28)24-11-9-23(10-12-24)19(27)17-6-4-14-30-17/h3-8,13-14H,9-12H2,1-2H3. The fourth-order valence-corrected chi connectivity index (χ4v) is 3.51. The van der Waals surface area contributed by atoms with Gasteiger partial charge >= 0.3 is 0 Å². The Morgan fingerprint density at radius 1 is 0.933 bits per heavy atom. The van der Waals surface area contributed by atoms with Gasteiger partial charge in [-0.25, -0.2) is 4.68 Å². The number of furan rings is 2. The Bertz CT molecular complexity index is 1090. The van der Waals surface area contributed by atoms with Crippen LogP contribution in [0.25, 0.3) is 11.5 Å². The second kappa shape index (κ2) is 7.66. The van der Waals surface area contributed by atoms with Gasteiger partial charge in [0.1, 0.15) is 11.2 Å². The maximum absolute atomic E-state index is 13.3. The van der Waals surface area contributed by atoms with Crippen molar-refractivity contribution in [2.75, 3.05) is 26.2 Å². The zero-order valence-electron chi connectivity index (χ0n) is 16.8. The monoisotopic (exact) mass is 410 g/mol. The van der Waals surface area contributed by atoms with Gasteiger partial charge in [-0.2, -0.15) is 5.10 Å². The molecule has 0 saturated carbocycles. The highest BCUT2D eigenvalue weighted by Gasteiger charge is 2.38. The average molecular weight is 410 g/mol. The highest BCUT2D eigenvalue weighted by atomic mass is 16.3. The van der Waals surface area contributed by atoms with E-state index in [0.717, 1.165) is 0 Å². The summed E-state index contributed by atoms with van der Waals surface area (Å²) < 4.78 is 11.7. The van der Waals surface area contributed by atoms with Crippen LogP contribution < -0.4 is 5.56 Å². The third-order valence-corrected chi connectivity index (χ3v) is 5.21. The molecule has 3 aromatic rings. The Morgan fingerprint density at radius 3 is 2.23 bits per heavy atom. The first-order chi connectivity index (χ1) is 14.4. The molecule has 4 heterocycles. The highest BCUT2D eigenvalue weighted by molar-refractivity contribution is 5.91. The summed E-state index contributed by atoms with van der Waals surface area (Å²) in [7, 11) is 0. The van der Waals surface area contributed by atoms with Crippen LogP contribution in [0.3, 0.4) is 0 Å². The van der Waals surface area contributed by atoms with Crippen molar-refractivity contribution in [1.29, 1.82) is 0 Å². The molecule has 0 aliphatic carbocycles. The lowest BCUT2D eigenvalue weighted by Crippen LogP contribution is -2.57. The average Bonchev–Trinajstić information content (AvgIpc) is 3.47. The predicted molar refractivity (Wildman–Crippen MR) is 107 cm³/mol. The van der Waals surface area contributed by atoms with Gasteiger partial charge in [0.2, 0.25) is 5.91 Å². The lowest BCUT2D eigenvalue weighted by molar-refractivity contribution is -0.141. The summed E-state index contributed by atoms with van der Waals surface area (Å²) in [6.07, 6.45) is 2.98. The normalized spacial score (nSPS) is 14.7. The first-order valence-electron chi connectivity index (χ1n) is 9.65. The van der Waals surface area contributed by atoms with Crippen molar-refractivity contribution in [2.24, 2.45) is 0 Å². The predicted octanol–water partition coefficient (Wildman–Crippen LogP) is 1.82. The molecule has 2 amide bonds. The van der Waals surface area contributed by atoms with Gasteiger partial charge in [-0.15, -0.1) is 0 Å². The molecule has 0 spiro atoms. The minimum Gasteiger partial charge on any atom is -0.463 e. The molecule has 1 fully saturated rings. The lowest BCUT2D eigenvalue weighted by atomic mass is 10.0. The number of hydrogen-bond donors (Lipinski definition) is 0. The largest absolute Gasteiger partial charge is 0.463 e. The Hall–Kier alpha value is -3.62. The molecule has 9 nitrogen and oxygen atoms in total. The molecule has 0 aromatic carbocycles. The zero-order valence-corrected chi connectivity index (χ0v) is 16.8. The number of amides is 2. The van der Waals surface area contributed by atoms with Gasteiger partial charge in [0, 0.05) is 32.2 Å². The number of nitrogens with zero attached hydrogens (tertiary/aromatic N) is 4. The molecular formula is C21H22N4O5. The van der Waals surface area contributed by atoms with Gasteiger partial charge in [-0.1, -0.05) is 0 Å². The van der Waals surface area contributed by atoms with Crippen LogP contribution in [0.4, 0.5) is 0 Å². The number of carbonyl (C=O) groups excluding carboxylic acids is 2. The van der Waals surface area contributed by atoms with Crippen molar-refractivity contribution >= 4 is 11.8 Å². The third-order valence-electron chi connectivity index (χ3n) is 5.21. The molecule has 1 saturated heterocycles. The van der Waals surface area contributed by atoms with E-state index in [0.29, 0.717) is 37.6 Å². The van der Waals surface area contributed by atoms with Crippen LogP contribution in [0.2, 0.25) is 0 Å². The Labute approximate surface area is 172 Å². The molecule has 9 heteroatoms. The number of aromatic nitrogens is 2. The minimum atomic E-state index is -1.20. The van der Waals surface area contributed by atoms with Crippen molar-refractivity contribution in [1.82, 2.24) is 19.6 Å². The molecule has 0 bridgehead atoms. The van der Waals surface area contributed by atoms with Crippen LogP contribution in [-0.2, 0) is 10.3 Å². The van der Waals surface area contributed by atoms with Crippen LogP contribution in [-0.4, -0.2) is 57.6 Å². The Kier molecular flexibility index (Phi) is 5.03. The van der Waals surface area contributed by atoms with Gasteiger partial charge in [-0.3, -0.25) is 14.4 Å². The molecular weight excluding hydrogens is 388 g/mol. The minimum absolute atomic E-state index is 0.199. The van der Waals surface area contributed by atoms with E-state index in [1.165, 1.54) is 23.3 Å². The number of rotatable bonds is 4. The lowest BCUT2D eigenvalue weighted by Gasteiger charge is -2.38. The fraction of sp³-hybridized carbons (Fsp3) is 0.333. The molecule has 1 aliphatic rings. The summed E-state index contributed by atoms with van der Waals surface area (Å²) in [4.78, 5) is 41.5. The van der Waals surface area contributed by atoms with E-state index in [4.69, 9.17) is 8.83 Å². The Morgan fingerprint density at radius 2 is 1.60 bits per heavy atom. The summed E-state index contributed by atoms with van der Waals surface area (Å²) in [5, 5.41) is 4.37. The second-order valence-corrected chi connectivity index (χ2v) is 7.57. The van der Waals surface area contributed by atoms with Gasteiger partial charge in [0.05, 0.1) is 12.5 Å². The number of hydrogen-bond acceptors (Lipinski definition) is 6. The maximum Gasteiger partial charge on any atom is 0.289 e. The van der Waals surface area contributed by atoms with Gasteiger partial charge in [0.25, 0.3) is 11.5 Å². The summed E-state index contributed by atoms with van der Waals surface area (Å²) >= 11 is 0. The van der Waals surface area contributed by atoms with Gasteiger partial charge < -0.3 is 18.6 Å². The third kappa shape index (κ3) is 3.54. The SMILES string of the molecule is CC(C)(C(=O)N1CCN(C(=O)c2ccco2)CC1)n1nc(-c2ccco2)ccc1=O. The molecule has 30 heavy (non-hydrogen) atoms. The van der Waals surface area contributed by atoms with E-state index >= 15 is 0 Å². The molecule has 156 valence electrons. The van der Waals surface area contributed by atoms with Gasteiger partial charge in [-0.05, 0) is 44.2 Å². The summed E-state index contributed by atoms with van der Waals surface area (Å²) in [5.41, 5.74) is -1.11. The summed E-state index contributed by atoms with van der Waals surface area (Å²) in [6.45, 7) is 4.82. The molecule has 0 N–H and O–H groups in total. The first kappa shape index (κ1) is 19.7. The van der Waals surface area contributed by atoms with E-state index in [2.05, 4.69) is 5.10 Å². The van der Waals surface area contributed by atoms with E-state index < -0.39 is 5.54 Å². The van der Waals surface area contributed by atoms with E-state index in [1.54, 1.807) is 54.0 Å². The van der Waals surface area contributed by atoms with Crippen molar-refractivity contribution in [3.63, 3.8) is 0 Å². The number of carbonyl (C=O) groups is 2. The second-order valence-electron chi connectivity index (χ2n) is 7.57. The van der Waals surface area contributed by atoms with Crippen LogP contribution in [0.5, 0.6) is 0 Å². The zero-order chi connectivity index (χ0) is 21.3. The van der Waals surface area contributed by atoms with Crippen molar-refractivity contribution in [3.05, 3.63) is 65.0 Å². The molecule has 3 aromatic heterocycles. The van der Waals surface area contributed by atoms with Gasteiger partial charge in [0.15, 0.2) is 11.5 Å². The molecule has 4 rings (SSSR count). The molecule has 1 aliphatic heterocycles. The van der Waals surface area contributed by atoms with Crippen molar-refractivity contribution in [3.8, 4) is 11.5 Å². The van der Waals surface area contributed by atoms with Crippen molar-refractivity contribution < 1.29 is 18.4 Å². The molecule has 0 radical (unpaired) electrons. The summed E-state index contributed by atoms with van der Waals surface area (Å²) in [5.74, 6) is 0.354. The van der Waals surface area contributed by atoms with Crippen LogP contribution in [0.15, 0.2) is 62.6 Å². The maximum atomic E-state index is 13.3. The topological polar surface area (TPSA) is 102 Å². The fourth-order valence-electron chi connectivity index (χ4n) is 3.51. The summed E-state index contributed by atoms with van der Waals surface area (Å²) in [6, 6.07) is 9.69. The first-order valence-corrected chi connectivity index (χ1v) is 9.65. The smallest absolute Gasteiger partial charge is 0.289 e.